The van der Waals surface area contributed by atoms with E-state index in [1.165, 1.54) is 0 Å². The second-order valence-electron chi connectivity index (χ2n) is 2.39. The molecule has 0 radical (unpaired) electrons. The van der Waals surface area contributed by atoms with Crippen LogP contribution in [0, 0.1) is 0 Å². The third-order valence-electron chi connectivity index (χ3n) is 1.41. The van der Waals surface area contributed by atoms with E-state index in [0.29, 0.717) is 0 Å². The van der Waals surface area contributed by atoms with Gasteiger partial charge in [0.05, 0.1) is 0 Å². The van der Waals surface area contributed by atoms with Gasteiger partial charge < -0.3 is 4.90 Å². The largest absolute Gasteiger partial charge is 0.329 e. The average molecular weight is 151 g/mol. The Hall–Kier alpha value is -0.980. The predicted octanol–water partition coefficient (Wildman–Crippen LogP) is 3.28. The molecule has 0 saturated carbocycles. The molecule has 0 rings (SSSR count). The number of hydrogen-bond donors (Lipinski definition) is 0. The molecule has 62 valence electrons. The maximum absolute atomic E-state index is 3.94. The van der Waals surface area contributed by atoms with E-state index in [4.69, 9.17) is 0 Å². The van der Waals surface area contributed by atoms with Gasteiger partial charge in [0.25, 0.3) is 0 Å². The summed E-state index contributed by atoms with van der Waals surface area (Å²) in [6.07, 6.45) is 7.86. The summed E-state index contributed by atoms with van der Waals surface area (Å²) in [6.45, 7) is 11.8. The number of nitrogens with zero attached hydrogens (tertiary/aromatic N) is 1. The molecule has 0 N–H and O–H groups in total. The van der Waals surface area contributed by atoms with Crippen molar-refractivity contribution in [2.75, 3.05) is 0 Å². The standard InChI is InChI=1S/C10H17N/c1-5-8-10(4)11(7-3)9-6-2/h6-7,9H,3-5,8H2,1-2H3/b9-6-. The molecule has 0 atom stereocenters. The van der Waals surface area contributed by atoms with Crippen molar-refractivity contribution in [3.05, 3.63) is 37.3 Å². The smallest absolute Gasteiger partial charge is 0.0148 e. The van der Waals surface area contributed by atoms with Gasteiger partial charge in [-0.15, -0.1) is 0 Å². The van der Waals surface area contributed by atoms with Crippen molar-refractivity contribution < 1.29 is 0 Å². The fourth-order valence-electron chi connectivity index (χ4n) is 0.874. The molecule has 0 aliphatic carbocycles. The molecule has 0 aromatic rings. The highest BCUT2D eigenvalue weighted by molar-refractivity contribution is 5.04. The average Bonchev–Trinajstić information content (AvgIpc) is 2.00. The summed E-state index contributed by atoms with van der Waals surface area (Å²) in [5.41, 5.74) is 1.10. The van der Waals surface area contributed by atoms with E-state index in [0.717, 1.165) is 18.5 Å². The fourth-order valence-corrected chi connectivity index (χ4v) is 0.874. The normalized spacial score (nSPS) is 10.0. The van der Waals surface area contributed by atoms with Gasteiger partial charge in [0, 0.05) is 18.1 Å². The van der Waals surface area contributed by atoms with Crippen molar-refractivity contribution >= 4 is 0 Å². The highest BCUT2D eigenvalue weighted by atomic mass is 15.1. The quantitative estimate of drug-likeness (QED) is 0.583. The van der Waals surface area contributed by atoms with E-state index in [-0.39, 0.29) is 0 Å². The van der Waals surface area contributed by atoms with Gasteiger partial charge in [0.1, 0.15) is 0 Å². The molecule has 0 unspecified atom stereocenters. The first-order chi connectivity index (χ1) is 5.26. The van der Waals surface area contributed by atoms with Crippen LogP contribution in [-0.4, -0.2) is 4.90 Å². The van der Waals surface area contributed by atoms with Gasteiger partial charge in [0.15, 0.2) is 0 Å². The van der Waals surface area contributed by atoms with Crippen LogP contribution in [-0.2, 0) is 0 Å². The van der Waals surface area contributed by atoms with Crippen LogP contribution in [0.5, 0.6) is 0 Å². The molecule has 1 heteroatoms. The van der Waals surface area contributed by atoms with Crippen molar-refractivity contribution in [2.24, 2.45) is 0 Å². The molecule has 11 heavy (non-hydrogen) atoms. The first kappa shape index (κ1) is 10.0. The van der Waals surface area contributed by atoms with Crippen LogP contribution in [0.2, 0.25) is 0 Å². The van der Waals surface area contributed by atoms with Gasteiger partial charge in [-0.05, 0) is 13.3 Å². The second kappa shape index (κ2) is 5.78. The molecule has 0 aliphatic heterocycles. The molecule has 0 aromatic heterocycles. The molecule has 0 aromatic carbocycles. The van der Waals surface area contributed by atoms with Crippen molar-refractivity contribution in [3.63, 3.8) is 0 Å². The van der Waals surface area contributed by atoms with Gasteiger partial charge >= 0.3 is 0 Å². The van der Waals surface area contributed by atoms with Crippen LogP contribution in [0.3, 0.4) is 0 Å². The SMILES string of the molecule is C=CN(/C=C\C)C(=C)CCC. The summed E-state index contributed by atoms with van der Waals surface area (Å²) in [4.78, 5) is 1.95. The van der Waals surface area contributed by atoms with E-state index in [2.05, 4.69) is 20.1 Å². The lowest BCUT2D eigenvalue weighted by atomic mass is 10.2. The van der Waals surface area contributed by atoms with Crippen molar-refractivity contribution in [1.29, 1.82) is 0 Å². The molecule has 0 aliphatic rings. The van der Waals surface area contributed by atoms with Gasteiger partial charge in [-0.25, -0.2) is 0 Å². The van der Waals surface area contributed by atoms with Crippen LogP contribution >= 0.6 is 0 Å². The summed E-state index contributed by atoms with van der Waals surface area (Å²) in [5, 5.41) is 0. The first-order valence-corrected chi connectivity index (χ1v) is 3.97. The van der Waals surface area contributed by atoms with Crippen LogP contribution in [0.25, 0.3) is 0 Å². The van der Waals surface area contributed by atoms with Crippen molar-refractivity contribution in [3.8, 4) is 0 Å². The molecule has 0 amide bonds. The lowest BCUT2D eigenvalue weighted by Gasteiger charge is -2.16. The predicted molar refractivity (Wildman–Crippen MR) is 50.9 cm³/mol. The molecule has 1 nitrogen and oxygen atoms in total. The summed E-state index contributed by atoms with van der Waals surface area (Å²) < 4.78 is 0. The summed E-state index contributed by atoms with van der Waals surface area (Å²) in [6, 6.07) is 0. The maximum atomic E-state index is 3.94. The minimum absolute atomic E-state index is 1.02. The first-order valence-electron chi connectivity index (χ1n) is 3.97. The summed E-state index contributed by atoms with van der Waals surface area (Å²) in [5.74, 6) is 0. The Balaban J connectivity index is 4.02. The number of hydrogen-bond acceptors (Lipinski definition) is 1. The van der Waals surface area contributed by atoms with Crippen LogP contribution in [0.1, 0.15) is 26.7 Å². The third-order valence-corrected chi connectivity index (χ3v) is 1.41. The Morgan fingerprint density at radius 1 is 1.55 bits per heavy atom. The zero-order valence-electron chi connectivity index (χ0n) is 7.51. The lowest BCUT2D eigenvalue weighted by Crippen LogP contribution is -2.06. The molecule has 0 spiro atoms. The fraction of sp³-hybridized carbons (Fsp3) is 0.400. The summed E-state index contributed by atoms with van der Waals surface area (Å²) >= 11 is 0. The zero-order chi connectivity index (χ0) is 8.69. The molecular formula is C10H17N. The molecule has 0 saturated heterocycles. The summed E-state index contributed by atoms with van der Waals surface area (Å²) in [7, 11) is 0. The molecular weight excluding hydrogens is 134 g/mol. The molecule has 0 bridgehead atoms. The third kappa shape index (κ3) is 3.66. The van der Waals surface area contributed by atoms with E-state index < -0.39 is 0 Å². The minimum atomic E-state index is 1.02. The van der Waals surface area contributed by atoms with Crippen molar-refractivity contribution in [2.45, 2.75) is 26.7 Å². The molecule has 0 fully saturated rings. The van der Waals surface area contributed by atoms with Gasteiger partial charge in [-0.3, -0.25) is 0 Å². The number of rotatable bonds is 5. The maximum Gasteiger partial charge on any atom is 0.0148 e. The Labute approximate surface area is 69.7 Å². The Bertz CT molecular complexity index is 156. The number of allylic oxidation sites excluding steroid dienone is 2. The van der Waals surface area contributed by atoms with Crippen LogP contribution in [0.15, 0.2) is 37.3 Å². The Morgan fingerprint density at radius 3 is 2.55 bits per heavy atom. The molecule has 0 heterocycles. The van der Waals surface area contributed by atoms with E-state index in [1.807, 2.05) is 24.1 Å². The highest BCUT2D eigenvalue weighted by Crippen LogP contribution is 2.09. The van der Waals surface area contributed by atoms with Crippen molar-refractivity contribution in [1.82, 2.24) is 4.90 Å². The van der Waals surface area contributed by atoms with E-state index in [9.17, 15) is 0 Å². The van der Waals surface area contributed by atoms with Crippen LogP contribution in [0.4, 0.5) is 0 Å². The topological polar surface area (TPSA) is 3.24 Å². The monoisotopic (exact) mass is 151 g/mol. The lowest BCUT2D eigenvalue weighted by molar-refractivity contribution is 0.588. The minimum Gasteiger partial charge on any atom is -0.329 e. The highest BCUT2D eigenvalue weighted by Gasteiger charge is 1.96. The Morgan fingerprint density at radius 2 is 2.18 bits per heavy atom. The van der Waals surface area contributed by atoms with Crippen LogP contribution < -0.4 is 0 Å². The zero-order valence-corrected chi connectivity index (χ0v) is 7.51. The van der Waals surface area contributed by atoms with E-state index in [1.54, 1.807) is 6.20 Å². The van der Waals surface area contributed by atoms with Gasteiger partial charge in [-0.2, -0.15) is 0 Å². The van der Waals surface area contributed by atoms with Gasteiger partial charge in [-0.1, -0.05) is 32.6 Å². The second-order valence-corrected chi connectivity index (χ2v) is 2.39. The van der Waals surface area contributed by atoms with E-state index >= 15 is 0 Å². The van der Waals surface area contributed by atoms with Gasteiger partial charge in [0.2, 0.25) is 0 Å². The Kier molecular flexibility index (Phi) is 5.26.